The van der Waals surface area contributed by atoms with E-state index < -0.39 is 0 Å². The molecule has 2 N–H and O–H groups in total. The fraction of sp³-hybridized carbons (Fsp3) is 0.400. The number of ether oxygens (including phenoxy) is 1. The molecule has 1 saturated heterocycles. The van der Waals surface area contributed by atoms with Crippen LogP contribution in [0.25, 0.3) is 11.1 Å². The minimum absolute atomic E-state index is 0.584. The van der Waals surface area contributed by atoms with Crippen molar-refractivity contribution in [2.24, 2.45) is 5.73 Å². The summed E-state index contributed by atoms with van der Waals surface area (Å²) in [7, 11) is 0. The zero-order valence-corrected chi connectivity index (χ0v) is 13.7. The summed E-state index contributed by atoms with van der Waals surface area (Å²) in [4.78, 5) is 2.53. The lowest BCUT2D eigenvalue weighted by molar-refractivity contribution is 0.263. The first kappa shape index (κ1) is 16.0. The molecule has 2 aromatic rings. The van der Waals surface area contributed by atoms with Gasteiger partial charge in [-0.1, -0.05) is 36.4 Å². The first-order chi connectivity index (χ1) is 11.3. The molecular weight excluding hydrogens is 284 g/mol. The molecule has 0 spiro atoms. The van der Waals surface area contributed by atoms with Crippen LogP contribution in [0.2, 0.25) is 0 Å². The molecule has 0 unspecified atom stereocenters. The van der Waals surface area contributed by atoms with Gasteiger partial charge in [0.05, 0.1) is 6.61 Å². The molecule has 122 valence electrons. The van der Waals surface area contributed by atoms with Gasteiger partial charge < -0.3 is 15.4 Å². The van der Waals surface area contributed by atoms with Gasteiger partial charge in [0.15, 0.2) is 0 Å². The van der Waals surface area contributed by atoms with Crippen LogP contribution in [0.15, 0.2) is 48.5 Å². The van der Waals surface area contributed by atoms with Crippen molar-refractivity contribution in [1.29, 1.82) is 0 Å². The molecule has 0 amide bonds. The monoisotopic (exact) mass is 310 g/mol. The predicted octanol–water partition coefficient (Wildman–Crippen LogP) is 3.68. The molecule has 3 nitrogen and oxygen atoms in total. The largest absolute Gasteiger partial charge is 0.494 e. The molecule has 23 heavy (non-hydrogen) atoms. The van der Waals surface area contributed by atoms with Crippen LogP contribution in [0.1, 0.15) is 24.8 Å². The van der Waals surface area contributed by atoms with Crippen LogP contribution in [0.3, 0.4) is 0 Å². The highest BCUT2D eigenvalue weighted by Gasteiger charge is 2.10. The molecule has 0 aliphatic carbocycles. The Bertz CT molecular complexity index is 603. The van der Waals surface area contributed by atoms with Crippen LogP contribution in [0, 0.1) is 0 Å². The van der Waals surface area contributed by atoms with Crippen LogP contribution in [0.4, 0.5) is 0 Å². The Kier molecular flexibility index (Phi) is 5.67. The number of benzene rings is 2. The van der Waals surface area contributed by atoms with E-state index in [1.165, 1.54) is 37.1 Å². The Morgan fingerprint density at radius 2 is 1.74 bits per heavy atom. The van der Waals surface area contributed by atoms with Crippen LogP contribution < -0.4 is 10.5 Å². The van der Waals surface area contributed by atoms with Gasteiger partial charge >= 0.3 is 0 Å². The van der Waals surface area contributed by atoms with E-state index in [1.54, 1.807) is 0 Å². The third kappa shape index (κ3) is 4.57. The number of rotatable bonds is 7. The van der Waals surface area contributed by atoms with Crippen molar-refractivity contribution in [2.45, 2.75) is 25.8 Å². The van der Waals surface area contributed by atoms with E-state index in [0.717, 1.165) is 30.9 Å². The lowest BCUT2D eigenvalue weighted by atomic mass is 10.0. The lowest BCUT2D eigenvalue weighted by Gasteiger charge is -2.14. The Balaban J connectivity index is 1.53. The first-order valence-corrected chi connectivity index (χ1v) is 8.60. The highest BCUT2D eigenvalue weighted by molar-refractivity contribution is 5.65. The molecule has 1 aliphatic rings. The smallest absolute Gasteiger partial charge is 0.119 e. The molecule has 2 aromatic carbocycles. The summed E-state index contributed by atoms with van der Waals surface area (Å²) in [5, 5.41) is 0. The third-order valence-corrected chi connectivity index (χ3v) is 4.44. The van der Waals surface area contributed by atoms with E-state index in [2.05, 4.69) is 47.4 Å². The van der Waals surface area contributed by atoms with E-state index in [0.29, 0.717) is 6.54 Å². The zero-order valence-electron chi connectivity index (χ0n) is 13.7. The number of nitrogens with zero attached hydrogens (tertiary/aromatic N) is 1. The Hall–Kier alpha value is -1.84. The van der Waals surface area contributed by atoms with E-state index in [-0.39, 0.29) is 0 Å². The third-order valence-electron chi connectivity index (χ3n) is 4.44. The molecule has 0 aromatic heterocycles. The molecule has 1 aliphatic heterocycles. The fourth-order valence-corrected chi connectivity index (χ4v) is 3.08. The van der Waals surface area contributed by atoms with Crippen LogP contribution in [0.5, 0.6) is 5.75 Å². The van der Waals surface area contributed by atoms with Crippen molar-refractivity contribution in [1.82, 2.24) is 4.90 Å². The molecule has 0 atom stereocenters. The van der Waals surface area contributed by atoms with Crippen LogP contribution in [-0.2, 0) is 6.54 Å². The van der Waals surface area contributed by atoms with Crippen LogP contribution >= 0.6 is 0 Å². The zero-order chi connectivity index (χ0) is 15.9. The van der Waals surface area contributed by atoms with Gasteiger partial charge in [0.1, 0.15) is 5.75 Å². The van der Waals surface area contributed by atoms with E-state index in [9.17, 15) is 0 Å². The second-order valence-electron chi connectivity index (χ2n) is 6.18. The Morgan fingerprint density at radius 1 is 0.957 bits per heavy atom. The van der Waals surface area contributed by atoms with E-state index in [4.69, 9.17) is 10.5 Å². The topological polar surface area (TPSA) is 38.5 Å². The van der Waals surface area contributed by atoms with Crippen molar-refractivity contribution >= 4 is 0 Å². The Morgan fingerprint density at radius 3 is 2.48 bits per heavy atom. The maximum absolute atomic E-state index is 5.93. The summed E-state index contributed by atoms with van der Waals surface area (Å²) in [5.41, 5.74) is 9.19. The second-order valence-corrected chi connectivity index (χ2v) is 6.18. The van der Waals surface area contributed by atoms with Gasteiger partial charge in [0.2, 0.25) is 0 Å². The summed E-state index contributed by atoms with van der Waals surface area (Å²) in [5.74, 6) is 0.951. The standard InChI is InChI=1S/C20H26N2O/c21-16-17-7-9-18(10-8-17)19-5-3-6-20(15-19)23-14-4-13-22-11-1-2-12-22/h3,5-10,15H,1-2,4,11-14,16,21H2. The van der Waals surface area contributed by atoms with Crippen molar-refractivity contribution < 1.29 is 4.74 Å². The molecule has 0 saturated carbocycles. The maximum atomic E-state index is 5.93. The quantitative estimate of drug-likeness (QED) is 0.793. The molecular formula is C20H26N2O. The van der Waals surface area contributed by atoms with Gasteiger partial charge in [-0.05, 0) is 61.2 Å². The Labute approximate surface area is 139 Å². The number of nitrogens with two attached hydrogens (primary N) is 1. The lowest BCUT2D eigenvalue weighted by Crippen LogP contribution is -2.21. The minimum atomic E-state index is 0.584. The molecule has 1 fully saturated rings. The normalized spacial score (nSPS) is 15.0. The van der Waals surface area contributed by atoms with Gasteiger partial charge in [-0.25, -0.2) is 0 Å². The highest BCUT2D eigenvalue weighted by Crippen LogP contribution is 2.24. The molecule has 0 bridgehead atoms. The molecule has 3 heteroatoms. The van der Waals surface area contributed by atoms with Crippen molar-refractivity contribution in [3.8, 4) is 16.9 Å². The van der Waals surface area contributed by atoms with Crippen LogP contribution in [-0.4, -0.2) is 31.1 Å². The maximum Gasteiger partial charge on any atom is 0.119 e. The average Bonchev–Trinajstić information content (AvgIpc) is 3.13. The summed E-state index contributed by atoms with van der Waals surface area (Å²) < 4.78 is 5.93. The summed E-state index contributed by atoms with van der Waals surface area (Å²) in [6.45, 7) is 5.04. The highest BCUT2D eigenvalue weighted by atomic mass is 16.5. The van der Waals surface area contributed by atoms with Gasteiger partial charge in [0, 0.05) is 13.1 Å². The first-order valence-electron chi connectivity index (χ1n) is 8.60. The van der Waals surface area contributed by atoms with Gasteiger partial charge in [0.25, 0.3) is 0 Å². The second kappa shape index (κ2) is 8.14. The predicted molar refractivity (Wildman–Crippen MR) is 95.6 cm³/mol. The SMILES string of the molecule is NCc1ccc(-c2cccc(OCCCN3CCCC3)c2)cc1. The molecule has 3 rings (SSSR count). The molecule has 0 radical (unpaired) electrons. The van der Waals surface area contributed by atoms with Crippen molar-refractivity contribution in [3.63, 3.8) is 0 Å². The number of likely N-dealkylation sites (tertiary alicyclic amines) is 1. The summed E-state index contributed by atoms with van der Waals surface area (Å²) in [6.07, 6.45) is 3.80. The number of hydrogen-bond acceptors (Lipinski definition) is 3. The summed E-state index contributed by atoms with van der Waals surface area (Å²) in [6, 6.07) is 16.7. The van der Waals surface area contributed by atoms with E-state index >= 15 is 0 Å². The van der Waals surface area contributed by atoms with Gasteiger partial charge in [-0.2, -0.15) is 0 Å². The van der Waals surface area contributed by atoms with E-state index in [1.807, 2.05) is 6.07 Å². The number of hydrogen-bond donors (Lipinski definition) is 1. The average molecular weight is 310 g/mol. The van der Waals surface area contributed by atoms with Gasteiger partial charge in [-0.3, -0.25) is 0 Å². The molecule has 1 heterocycles. The van der Waals surface area contributed by atoms with Crippen molar-refractivity contribution in [3.05, 3.63) is 54.1 Å². The minimum Gasteiger partial charge on any atom is -0.494 e. The fourth-order valence-electron chi connectivity index (χ4n) is 3.08. The van der Waals surface area contributed by atoms with Gasteiger partial charge in [-0.15, -0.1) is 0 Å². The van der Waals surface area contributed by atoms with Crippen molar-refractivity contribution in [2.75, 3.05) is 26.2 Å². The summed E-state index contributed by atoms with van der Waals surface area (Å²) >= 11 is 0.